The first-order chi connectivity index (χ1) is 8.79. The summed E-state index contributed by atoms with van der Waals surface area (Å²) in [5.41, 5.74) is 11.8. The van der Waals surface area contributed by atoms with Gasteiger partial charge in [0, 0.05) is 18.5 Å². The van der Waals surface area contributed by atoms with Crippen molar-refractivity contribution >= 4 is 0 Å². The molecule has 2 aromatic rings. The van der Waals surface area contributed by atoms with E-state index in [4.69, 9.17) is 10.5 Å². The van der Waals surface area contributed by atoms with E-state index in [1.807, 2.05) is 18.7 Å². The van der Waals surface area contributed by atoms with Crippen molar-refractivity contribution in [2.75, 3.05) is 0 Å². The molecule has 1 radical (unpaired) electrons. The van der Waals surface area contributed by atoms with Crippen LogP contribution in [0.3, 0.4) is 0 Å². The maximum absolute atomic E-state index is 5.82. The first kappa shape index (κ1) is 11.3. The van der Waals surface area contributed by atoms with E-state index in [1.165, 1.54) is 16.7 Å². The number of fused-ring (bicyclic) bond motifs is 1. The van der Waals surface area contributed by atoms with Crippen molar-refractivity contribution in [3.63, 3.8) is 0 Å². The highest BCUT2D eigenvalue weighted by Gasteiger charge is 2.19. The van der Waals surface area contributed by atoms with E-state index < -0.39 is 0 Å². The summed E-state index contributed by atoms with van der Waals surface area (Å²) >= 11 is 0. The van der Waals surface area contributed by atoms with E-state index in [-0.39, 0.29) is 0 Å². The average Bonchev–Trinajstić information content (AvgIpc) is 2.85. The van der Waals surface area contributed by atoms with Crippen molar-refractivity contribution in [1.29, 1.82) is 0 Å². The van der Waals surface area contributed by atoms with E-state index in [0.29, 0.717) is 6.54 Å². The minimum absolute atomic E-state index is 0.544. The largest absolute Gasteiger partial charge is 0.485 e. The SMILES string of the molecule is Cc1cc2c(c(-c3ccccc3CN)c1)O[CH]C2. The molecule has 0 atom stereocenters. The van der Waals surface area contributed by atoms with Crippen LogP contribution in [-0.4, -0.2) is 0 Å². The second-order valence-corrected chi connectivity index (χ2v) is 4.65. The van der Waals surface area contributed by atoms with Gasteiger partial charge in [-0.1, -0.05) is 30.3 Å². The monoisotopic (exact) mass is 238 g/mol. The fraction of sp³-hybridized carbons (Fsp3) is 0.188. The highest BCUT2D eigenvalue weighted by Crippen LogP contribution is 2.40. The lowest BCUT2D eigenvalue weighted by molar-refractivity contribution is 0.436. The normalized spacial score (nSPS) is 13.2. The van der Waals surface area contributed by atoms with Gasteiger partial charge in [-0.15, -0.1) is 0 Å². The molecule has 2 nitrogen and oxygen atoms in total. The molecular weight excluding hydrogens is 222 g/mol. The third-order valence-corrected chi connectivity index (χ3v) is 3.34. The summed E-state index contributed by atoms with van der Waals surface area (Å²) in [6.07, 6.45) is 0.884. The first-order valence-corrected chi connectivity index (χ1v) is 6.20. The average molecular weight is 238 g/mol. The summed E-state index contributed by atoms with van der Waals surface area (Å²) in [5.74, 6) is 0.988. The Kier molecular flexibility index (Phi) is 2.80. The van der Waals surface area contributed by atoms with Gasteiger partial charge in [-0.05, 0) is 35.2 Å². The van der Waals surface area contributed by atoms with Crippen LogP contribution in [0.15, 0.2) is 36.4 Å². The fourth-order valence-electron chi connectivity index (χ4n) is 2.51. The number of hydrogen-bond donors (Lipinski definition) is 1. The van der Waals surface area contributed by atoms with Crippen LogP contribution in [0.5, 0.6) is 5.75 Å². The zero-order chi connectivity index (χ0) is 12.5. The Morgan fingerprint density at radius 2 is 2.00 bits per heavy atom. The van der Waals surface area contributed by atoms with Crippen LogP contribution in [0.25, 0.3) is 11.1 Å². The summed E-state index contributed by atoms with van der Waals surface area (Å²) in [5, 5.41) is 0. The molecule has 1 aliphatic heterocycles. The van der Waals surface area contributed by atoms with Crippen LogP contribution in [-0.2, 0) is 13.0 Å². The zero-order valence-corrected chi connectivity index (χ0v) is 10.4. The lowest BCUT2D eigenvalue weighted by Crippen LogP contribution is -1.99. The first-order valence-electron chi connectivity index (χ1n) is 6.20. The van der Waals surface area contributed by atoms with Gasteiger partial charge in [-0.3, -0.25) is 0 Å². The van der Waals surface area contributed by atoms with Crippen LogP contribution in [0, 0.1) is 13.5 Å². The van der Waals surface area contributed by atoms with Gasteiger partial charge in [-0.2, -0.15) is 0 Å². The molecule has 2 heteroatoms. The van der Waals surface area contributed by atoms with Crippen LogP contribution in [0.1, 0.15) is 16.7 Å². The van der Waals surface area contributed by atoms with E-state index in [1.54, 1.807) is 0 Å². The number of rotatable bonds is 2. The van der Waals surface area contributed by atoms with E-state index in [2.05, 4.69) is 31.2 Å². The lowest BCUT2D eigenvalue weighted by Gasteiger charge is -2.13. The molecule has 18 heavy (non-hydrogen) atoms. The van der Waals surface area contributed by atoms with Gasteiger partial charge in [0.2, 0.25) is 0 Å². The van der Waals surface area contributed by atoms with Gasteiger partial charge in [-0.25, -0.2) is 0 Å². The third kappa shape index (κ3) is 1.79. The molecule has 1 heterocycles. The van der Waals surface area contributed by atoms with Gasteiger partial charge in [0.1, 0.15) is 12.4 Å². The predicted octanol–water partition coefficient (Wildman–Crippen LogP) is 3.22. The van der Waals surface area contributed by atoms with Gasteiger partial charge in [0.05, 0.1) is 0 Å². The molecule has 1 aliphatic rings. The van der Waals surface area contributed by atoms with Crippen molar-refractivity contribution in [1.82, 2.24) is 0 Å². The minimum Gasteiger partial charge on any atom is -0.485 e. The van der Waals surface area contributed by atoms with Gasteiger partial charge >= 0.3 is 0 Å². The Morgan fingerprint density at radius 3 is 2.83 bits per heavy atom. The number of hydrogen-bond acceptors (Lipinski definition) is 2. The Balaban J connectivity index is 2.23. The second kappa shape index (κ2) is 4.46. The molecule has 0 amide bonds. The molecule has 2 aromatic carbocycles. The molecule has 0 spiro atoms. The Hall–Kier alpha value is -1.80. The topological polar surface area (TPSA) is 35.2 Å². The van der Waals surface area contributed by atoms with Gasteiger partial charge in [0.15, 0.2) is 0 Å². The van der Waals surface area contributed by atoms with Gasteiger partial charge < -0.3 is 10.5 Å². The third-order valence-electron chi connectivity index (χ3n) is 3.34. The summed E-state index contributed by atoms with van der Waals surface area (Å²) in [7, 11) is 0. The minimum atomic E-state index is 0.544. The number of ether oxygens (including phenoxy) is 1. The summed E-state index contributed by atoms with van der Waals surface area (Å²) in [4.78, 5) is 0. The molecule has 0 bridgehead atoms. The molecule has 0 aliphatic carbocycles. The molecule has 3 rings (SSSR count). The molecule has 91 valence electrons. The van der Waals surface area contributed by atoms with Crippen LogP contribution < -0.4 is 10.5 Å². The van der Waals surface area contributed by atoms with E-state index in [0.717, 1.165) is 23.3 Å². The van der Waals surface area contributed by atoms with Crippen LogP contribution >= 0.6 is 0 Å². The van der Waals surface area contributed by atoms with Gasteiger partial charge in [0.25, 0.3) is 0 Å². The molecule has 2 N–H and O–H groups in total. The molecule has 0 unspecified atom stereocenters. The van der Waals surface area contributed by atoms with Crippen molar-refractivity contribution < 1.29 is 4.74 Å². The number of aryl methyl sites for hydroxylation is 1. The molecule has 0 saturated carbocycles. The van der Waals surface area contributed by atoms with E-state index in [9.17, 15) is 0 Å². The highest BCUT2D eigenvalue weighted by molar-refractivity contribution is 5.76. The standard InChI is InChI=1S/C16H16NO/c1-11-8-12-6-7-18-16(12)15(9-11)14-5-3-2-4-13(14)10-17/h2-5,7-9H,6,10,17H2,1H3. The number of benzene rings is 2. The van der Waals surface area contributed by atoms with Crippen molar-refractivity contribution in [2.45, 2.75) is 19.9 Å². The summed E-state index contributed by atoms with van der Waals surface area (Å²) in [6.45, 7) is 4.52. The Bertz CT molecular complexity index is 590. The second-order valence-electron chi connectivity index (χ2n) is 4.65. The molecular formula is C16H16NO. The van der Waals surface area contributed by atoms with Crippen molar-refractivity contribution in [3.8, 4) is 16.9 Å². The highest BCUT2D eigenvalue weighted by atomic mass is 16.5. The zero-order valence-electron chi connectivity index (χ0n) is 10.4. The molecule has 0 aromatic heterocycles. The fourth-order valence-corrected chi connectivity index (χ4v) is 2.51. The Labute approximate surface area is 107 Å². The van der Waals surface area contributed by atoms with Crippen LogP contribution in [0.2, 0.25) is 0 Å². The maximum Gasteiger partial charge on any atom is 0.140 e. The van der Waals surface area contributed by atoms with Crippen LogP contribution in [0.4, 0.5) is 0 Å². The van der Waals surface area contributed by atoms with Crippen molar-refractivity contribution in [3.05, 3.63) is 59.7 Å². The molecule has 0 fully saturated rings. The Morgan fingerprint density at radius 1 is 1.17 bits per heavy atom. The predicted molar refractivity (Wildman–Crippen MR) is 73.1 cm³/mol. The van der Waals surface area contributed by atoms with Crippen molar-refractivity contribution in [2.24, 2.45) is 5.73 Å². The quantitative estimate of drug-likeness (QED) is 0.871. The number of nitrogens with two attached hydrogens (primary N) is 1. The summed E-state index contributed by atoms with van der Waals surface area (Å²) in [6, 6.07) is 12.6. The smallest absolute Gasteiger partial charge is 0.140 e. The van der Waals surface area contributed by atoms with E-state index >= 15 is 0 Å². The maximum atomic E-state index is 5.82. The summed E-state index contributed by atoms with van der Waals surface area (Å²) < 4.78 is 5.67. The lowest BCUT2D eigenvalue weighted by atomic mass is 9.95. The molecule has 0 saturated heterocycles.